The van der Waals surface area contributed by atoms with Crippen LogP contribution in [0.4, 0.5) is 8.78 Å². The minimum Gasteiger partial charge on any atom is -0.479 e. The van der Waals surface area contributed by atoms with Crippen LogP contribution in [0.15, 0.2) is 40.9 Å². The molecule has 0 bridgehead atoms. The molecule has 0 saturated heterocycles. The molecule has 1 unspecified atom stereocenters. The lowest BCUT2D eigenvalue weighted by molar-refractivity contribution is -0.144. The Morgan fingerprint density at radius 3 is 2.50 bits per heavy atom. The second-order valence-electron chi connectivity index (χ2n) is 7.08. The van der Waals surface area contributed by atoms with E-state index < -0.39 is 23.7 Å². The first-order valence-corrected chi connectivity index (χ1v) is 9.49. The van der Waals surface area contributed by atoms with Crippen molar-refractivity contribution >= 4 is 17.2 Å². The minimum absolute atomic E-state index is 0.114. The van der Waals surface area contributed by atoms with Gasteiger partial charge in [-0.15, -0.1) is 0 Å². The van der Waals surface area contributed by atoms with Gasteiger partial charge in [0.25, 0.3) is 5.71 Å². The van der Waals surface area contributed by atoms with Crippen molar-refractivity contribution in [1.82, 2.24) is 15.0 Å². The van der Waals surface area contributed by atoms with Crippen LogP contribution >= 0.6 is 0 Å². The fourth-order valence-electron chi connectivity index (χ4n) is 3.04. The summed E-state index contributed by atoms with van der Waals surface area (Å²) in [6.45, 7) is 5.02. The second-order valence-corrected chi connectivity index (χ2v) is 7.08. The highest BCUT2D eigenvalue weighted by Gasteiger charge is 2.19. The zero-order valence-electron chi connectivity index (χ0n) is 17.2. The summed E-state index contributed by atoms with van der Waals surface area (Å²) in [5.41, 5.74) is 2.50. The molecule has 0 spiro atoms. The molecule has 32 heavy (non-hydrogen) atoms. The van der Waals surface area contributed by atoms with Crippen LogP contribution in [-0.4, -0.2) is 32.1 Å². The van der Waals surface area contributed by atoms with Gasteiger partial charge in [-0.2, -0.15) is 4.98 Å². The number of aliphatic carboxylic acids is 1. The van der Waals surface area contributed by atoms with Crippen molar-refractivity contribution in [3.63, 3.8) is 0 Å². The summed E-state index contributed by atoms with van der Waals surface area (Å²) in [5, 5.41) is 9.07. The number of ether oxygens (including phenoxy) is 2. The van der Waals surface area contributed by atoms with Gasteiger partial charge in [0, 0.05) is 11.6 Å². The molecule has 2 aromatic heterocycles. The van der Waals surface area contributed by atoms with Crippen molar-refractivity contribution in [1.29, 1.82) is 0 Å². The number of halogens is 2. The maximum absolute atomic E-state index is 13.8. The van der Waals surface area contributed by atoms with Crippen LogP contribution in [0.25, 0.3) is 22.7 Å². The molecule has 1 N–H and O–H groups in total. The third-order valence-electron chi connectivity index (χ3n) is 4.57. The van der Waals surface area contributed by atoms with E-state index in [1.54, 1.807) is 26.0 Å². The Kier molecular flexibility index (Phi) is 5.43. The monoisotopic (exact) mass is 441 g/mol. The zero-order chi connectivity index (χ0) is 23.0. The number of hydrogen-bond donors (Lipinski definition) is 1. The molecule has 2 heterocycles. The molecule has 0 aliphatic rings. The summed E-state index contributed by atoms with van der Waals surface area (Å²) in [7, 11) is 0. The van der Waals surface area contributed by atoms with Crippen molar-refractivity contribution in [3.8, 4) is 29.0 Å². The molecule has 0 amide bonds. The van der Waals surface area contributed by atoms with Gasteiger partial charge in [0.15, 0.2) is 17.7 Å². The number of carbonyl (C=O) groups is 1. The average molecular weight is 441 g/mol. The van der Waals surface area contributed by atoms with Crippen molar-refractivity contribution in [2.75, 3.05) is 0 Å². The van der Waals surface area contributed by atoms with E-state index in [1.165, 1.54) is 13.1 Å². The number of oxazole rings is 1. The van der Waals surface area contributed by atoms with Crippen LogP contribution in [0.3, 0.4) is 0 Å². The molecule has 0 fully saturated rings. The van der Waals surface area contributed by atoms with Gasteiger partial charge in [-0.25, -0.2) is 23.5 Å². The van der Waals surface area contributed by atoms with Crippen LogP contribution in [-0.2, 0) is 4.79 Å². The van der Waals surface area contributed by atoms with Gasteiger partial charge in [0.2, 0.25) is 5.89 Å². The van der Waals surface area contributed by atoms with Crippen LogP contribution in [0, 0.1) is 25.5 Å². The van der Waals surface area contributed by atoms with E-state index in [9.17, 15) is 13.6 Å². The van der Waals surface area contributed by atoms with E-state index in [0.29, 0.717) is 34.0 Å². The van der Waals surface area contributed by atoms with E-state index in [0.717, 1.165) is 12.1 Å². The Bertz CT molecular complexity index is 1320. The summed E-state index contributed by atoms with van der Waals surface area (Å²) >= 11 is 0. The van der Waals surface area contributed by atoms with Crippen LogP contribution in [0.1, 0.15) is 18.1 Å². The topological polar surface area (TPSA) is 108 Å². The zero-order valence-corrected chi connectivity index (χ0v) is 17.2. The van der Waals surface area contributed by atoms with E-state index in [-0.39, 0.29) is 23.4 Å². The standard InChI is InChI=1S/C22H17F2N3O5/c1-10-6-13(7-11(2)18(10)30-12(3)21(28)29)19-26-16-9-25-22(27-20(16)32-19)31-17-5-4-14(23)8-15(17)24/h4-9,12H,1-3H3,(H,28,29). The molecular formula is C22H17F2N3O5. The van der Waals surface area contributed by atoms with Gasteiger partial charge in [-0.05, 0) is 56.2 Å². The third kappa shape index (κ3) is 4.20. The van der Waals surface area contributed by atoms with Gasteiger partial charge >= 0.3 is 12.0 Å². The number of fused-ring (bicyclic) bond motifs is 1. The van der Waals surface area contributed by atoms with Crippen LogP contribution in [0.5, 0.6) is 17.5 Å². The van der Waals surface area contributed by atoms with Crippen molar-refractivity contribution in [2.45, 2.75) is 26.9 Å². The minimum atomic E-state index is -1.07. The van der Waals surface area contributed by atoms with Gasteiger partial charge in [0.1, 0.15) is 17.1 Å². The predicted octanol–water partition coefficient (Wildman–Crippen LogP) is 4.82. The Morgan fingerprint density at radius 1 is 1.12 bits per heavy atom. The van der Waals surface area contributed by atoms with E-state index in [1.807, 2.05) is 0 Å². The van der Waals surface area contributed by atoms with Crippen molar-refractivity contribution in [3.05, 3.63) is 59.3 Å². The third-order valence-corrected chi connectivity index (χ3v) is 4.57. The van der Waals surface area contributed by atoms with Crippen LogP contribution in [0.2, 0.25) is 0 Å². The molecule has 4 aromatic rings. The van der Waals surface area contributed by atoms with Crippen molar-refractivity contribution in [2.24, 2.45) is 0 Å². The second kappa shape index (κ2) is 8.22. The molecule has 0 aliphatic carbocycles. The molecule has 2 aromatic carbocycles. The highest BCUT2D eigenvalue weighted by Crippen LogP contribution is 2.32. The van der Waals surface area contributed by atoms with Gasteiger partial charge < -0.3 is 19.0 Å². The summed E-state index contributed by atoms with van der Waals surface area (Å²) in [4.78, 5) is 23.5. The van der Waals surface area contributed by atoms with Crippen LogP contribution < -0.4 is 9.47 Å². The molecule has 0 saturated carbocycles. The molecule has 1 atom stereocenters. The molecule has 164 valence electrons. The number of benzene rings is 2. The molecule has 0 radical (unpaired) electrons. The first kappa shape index (κ1) is 21.2. The largest absolute Gasteiger partial charge is 0.479 e. The SMILES string of the molecule is Cc1cc(-c2nc3cnc(Oc4ccc(F)cc4F)nc3o2)cc(C)c1OC(C)C(=O)O. The Labute approximate surface area is 180 Å². The Hall–Kier alpha value is -4.08. The van der Waals surface area contributed by atoms with Crippen molar-refractivity contribution < 1.29 is 32.6 Å². The predicted molar refractivity (Wildman–Crippen MR) is 109 cm³/mol. The lowest BCUT2D eigenvalue weighted by Crippen LogP contribution is -2.23. The number of hydrogen-bond acceptors (Lipinski definition) is 7. The average Bonchev–Trinajstić information content (AvgIpc) is 3.16. The fourth-order valence-corrected chi connectivity index (χ4v) is 3.04. The molecule has 4 rings (SSSR count). The molecule has 0 aliphatic heterocycles. The number of carboxylic acids is 1. The lowest BCUT2D eigenvalue weighted by atomic mass is 10.1. The van der Waals surface area contributed by atoms with Gasteiger partial charge in [0.05, 0.1) is 6.20 Å². The quantitative estimate of drug-likeness (QED) is 0.454. The first-order valence-electron chi connectivity index (χ1n) is 9.49. The molecule has 8 nitrogen and oxygen atoms in total. The normalized spacial score (nSPS) is 12.0. The summed E-state index contributed by atoms with van der Waals surface area (Å²) in [6, 6.07) is 6.18. The molecule has 10 heteroatoms. The number of aryl methyl sites for hydroxylation is 2. The number of rotatable bonds is 6. The summed E-state index contributed by atoms with van der Waals surface area (Å²) in [6.07, 6.45) is 0.361. The van der Waals surface area contributed by atoms with E-state index in [4.69, 9.17) is 19.0 Å². The Morgan fingerprint density at radius 2 is 1.84 bits per heavy atom. The smallest absolute Gasteiger partial charge is 0.344 e. The highest BCUT2D eigenvalue weighted by atomic mass is 19.1. The van der Waals surface area contributed by atoms with E-state index >= 15 is 0 Å². The lowest BCUT2D eigenvalue weighted by Gasteiger charge is -2.16. The fraction of sp³-hybridized carbons (Fsp3) is 0.182. The summed E-state index contributed by atoms with van der Waals surface area (Å²) in [5.74, 6) is -2.20. The maximum Gasteiger partial charge on any atom is 0.344 e. The van der Waals surface area contributed by atoms with Gasteiger partial charge in [-0.1, -0.05) is 0 Å². The number of carboxylic acid groups (broad SMARTS) is 1. The molecular weight excluding hydrogens is 424 g/mol. The number of nitrogens with zero attached hydrogens (tertiary/aromatic N) is 3. The van der Waals surface area contributed by atoms with E-state index in [2.05, 4.69) is 15.0 Å². The van der Waals surface area contributed by atoms with Gasteiger partial charge in [-0.3, -0.25) is 0 Å². The highest BCUT2D eigenvalue weighted by molar-refractivity contribution is 5.74. The Balaban J connectivity index is 1.63. The maximum atomic E-state index is 13.8. The first-order chi connectivity index (χ1) is 15.2. The number of aromatic nitrogens is 3. The summed E-state index contributed by atoms with van der Waals surface area (Å²) < 4.78 is 43.4.